The molecule has 2 saturated heterocycles. The second-order valence-corrected chi connectivity index (χ2v) is 7.54. The van der Waals surface area contributed by atoms with Crippen molar-refractivity contribution in [1.82, 2.24) is 15.1 Å². The van der Waals surface area contributed by atoms with Crippen LogP contribution in [0.1, 0.15) is 51.9 Å². The molecule has 25 heavy (non-hydrogen) atoms. The van der Waals surface area contributed by atoms with Crippen molar-refractivity contribution in [3.05, 3.63) is 0 Å². The monoisotopic (exact) mass is 346 g/mol. The molecule has 4 amide bonds. The molecule has 1 N–H and O–H groups in total. The first-order valence-electron chi connectivity index (χ1n) is 9.30. The van der Waals surface area contributed by atoms with Crippen molar-refractivity contribution >= 4 is 17.8 Å². The molecule has 136 valence electrons. The van der Waals surface area contributed by atoms with Gasteiger partial charge in [0.05, 0.1) is 6.07 Å². The normalized spacial score (nSPS) is 30.5. The number of likely N-dealkylation sites (tertiary alicyclic amines) is 1. The maximum atomic E-state index is 12.8. The van der Waals surface area contributed by atoms with Crippen LogP contribution in [0, 0.1) is 23.2 Å². The Morgan fingerprint density at radius 3 is 2.44 bits per heavy atom. The van der Waals surface area contributed by atoms with Gasteiger partial charge in [0.25, 0.3) is 5.91 Å². The van der Waals surface area contributed by atoms with Gasteiger partial charge in [0, 0.05) is 19.0 Å². The fourth-order valence-electron chi connectivity index (χ4n) is 4.23. The maximum absolute atomic E-state index is 12.8. The predicted octanol–water partition coefficient (Wildman–Crippen LogP) is 1.64. The highest BCUT2D eigenvalue weighted by atomic mass is 16.2. The van der Waals surface area contributed by atoms with E-state index < -0.39 is 11.6 Å². The Hall–Kier alpha value is -2.10. The van der Waals surface area contributed by atoms with Crippen LogP contribution in [-0.4, -0.2) is 52.8 Å². The summed E-state index contributed by atoms with van der Waals surface area (Å²) in [4.78, 5) is 40.4. The number of piperidine rings is 1. The average Bonchev–Trinajstić information content (AvgIpc) is 2.86. The topological polar surface area (TPSA) is 93.5 Å². The molecule has 0 aromatic carbocycles. The van der Waals surface area contributed by atoms with Crippen LogP contribution in [0.25, 0.3) is 0 Å². The Labute approximate surface area is 148 Å². The van der Waals surface area contributed by atoms with E-state index in [1.54, 1.807) is 4.90 Å². The Morgan fingerprint density at radius 2 is 1.88 bits per heavy atom. The molecule has 3 rings (SSSR count). The van der Waals surface area contributed by atoms with Crippen LogP contribution >= 0.6 is 0 Å². The first-order chi connectivity index (χ1) is 12.0. The van der Waals surface area contributed by atoms with E-state index in [4.69, 9.17) is 5.26 Å². The third-order valence-corrected chi connectivity index (χ3v) is 6.11. The van der Waals surface area contributed by atoms with Crippen LogP contribution in [0.3, 0.4) is 0 Å². The van der Waals surface area contributed by atoms with Crippen molar-refractivity contribution in [1.29, 1.82) is 5.26 Å². The molecular formula is C18H26N4O3. The number of urea groups is 1. The molecule has 3 aliphatic rings. The molecule has 0 atom stereocenters. The van der Waals surface area contributed by atoms with Gasteiger partial charge in [-0.1, -0.05) is 13.3 Å². The summed E-state index contributed by atoms with van der Waals surface area (Å²) in [7, 11) is 0. The zero-order valence-corrected chi connectivity index (χ0v) is 14.8. The van der Waals surface area contributed by atoms with Crippen molar-refractivity contribution in [3.8, 4) is 6.07 Å². The standard InChI is InChI=1S/C18H26N4O3/c1-2-13-3-7-18(8-4-13)16(24)22(17(25)20-18)12-15(23)21-9-5-14(11-19)6-10-21/h13-14H,2-10,12H2,1H3,(H,20,25). The first kappa shape index (κ1) is 17.7. The summed E-state index contributed by atoms with van der Waals surface area (Å²) in [5.41, 5.74) is -0.795. The Kier molecular flexibility index (Phi) is 4.98. The van der Waals surface area contributed by atoms with Gasteiger partial charge in [0.15, 0.2) is 0 Å². The quantitative estimate of drug-likeness (QED) is 0.786. The number of amides is 4. The third kappa shape index (κ3) is 3.35. The van der Waals surface area contributed by atoms with Gasteiger partial charge in [-0.05, 0) is 44.4 Å². The van der Waals surface area contributed by atoms with Crippen LogP contribution in [0.15, 0.2) is 0 Å². The Morgan fingerprint density at radius 1 is 1.24 bits per heavy atom. The molecule has 0 bridgehead atoms. The molecule has 3 fully saturated rings. The molecule has 0 aromatic heterocycles. The van der Waals surface area contributed by atoms with E-state index in [0.717, 1.165) is 24.2 Å². The van der Waals surface area contributed by atoms with Crippen LogP contribution in [0.2, 0.25) is 0 Å². The minimum atomic E-state index is -0.795. The van der Waals surface area contributed by atoms with Crippen molar-refractivity contribution in [2.75, 3.05) is 19.6 Å². The van der Waals surface area contributed by atoms with Crippen LogP contribution < -0.4 is 5.32 Å². The molecule has 1 saturated carbocycles. The lowest BCUT2D eigenvalue weighted by Gasteiger charge is -2.34. The molecule has 7 nitrogen and oxygen atoms in total. The van der Waals surface area contributed by atoms with E-state index in [0.29, 0.717) is 44.7 Å². The number of nitriles is 1. The zero-order chi connectivity index (χ0) is 18.0. The molecular weight excluding hydrogens is 320 g/mol. The number of imide groups is 1. The summed E-state index contributed by atoms with van der Waals surface area (Å²) in [5, 5.41) is 11.8. The number of nitrogens with one attached hydrogen (secondary N) is 1. The fraction of sp³-hybridized carbons (Fsp3) is 0.778. The summed E-state index contributed by atoms with van der Waals surface area (Å²) in [6.45, 7) is 2.99. The highest BCUT2D eigenvalue weighted by Gasteiger charge is 2.52. The lowest BCUT2D eigenvalue weighted by Crippen LogP contribution is -2.50. The number of rotatable bonds is 3. The first-order valence-corrected chi connectivity index (χ1v) is 9.30. The second kappa shape index (κ2) is 7.03. The summed E-state index contributed by atoms with van der Waals surface area (Å²) in [6, 6.07) is 1.79. The Bertz CT molecular complexity index is 596. The van der Waals surface area contributed by atoms with E-state index in [9.17, 15) is 14.4 Å². The number of carbonyl (C=O) groups excluding carboxylic acids is 3. The van der Waals surface area contributed by atoms with Gasteiger partial charge >= 0.3 is 6.03 Å². The second-order valence-electron chi connectivity index (χ2n) is 7.54. The smallest absolute Gasteiger partial charge is 0.325 e. The predicted molar refractivity (Wildman–Crippen MR) is 90.1 cm³/mol. The maximum Gasteiger partial charge on any atom is 0.325 e. The fourth-order valence-corrected chi connectivity index (χ4v) is 4.23. The third-order valence-electron chi connectivity index (χ3n) is 6.11. The van der Waals surface area contributed by atoms with Gasteiger partial charge in [-0.15, -0.1) is 0 Å². The van der Waals surface area contributed by atoms with E-state index in [-0.39, 0.29) is 24.3 Å². The molecule has 1 aliphatic carbocycles. The van der Waals surface area contributed by atoms with Crippen LogP contribution in [0.5, 0.6) is 0 Å². The summed E-state index contributed by atoms with van der Waals surface area (Å²) in [5.74, 6) is 0.164. The van der Waals surface area contributed by atoms with Gasteiger partial charge in [0.1, 0.15) is 12.1 Å². The summed E-state index contributed by atoms with van der Waals surface area (Å²) >= 11 is 0. The van der Waals surface area contributed by atoms with Gasteiger partial charge in [-0.2, -0.15) is 5.26 Å². The average molecular weight is 346 g/mol. The molecule has 0 radical (unpaired) electrons. The van der Waals surface area contributed by atoms with Crippen molar-refractivity contribution < 1.29 is 14.4 Å². The minimum absolute atomic E-state index is 0.00205. The highest BCUT2D eigenvalue weighted by molar-refractivity contribution is 6.09. The van der Waals surface area contributed by atoms with Gasteiger partial charge in [-0.3, -0.25) is 14.5 Å². The minimum Gasteiger partial charge on any atom is -0.341 e. The zero-order valence-electron chi connectivity index (χ0n) is 14.8. The molecule has 2 aliphatic heterocycles. The van der Waals surface area contributed by atoms with Gasteiger partial charge in [-0.25, -0.2) is 4.79 Å². The van der Waals surface area contributed by atoms with E-state index >= 15 is 0 Å². The highest BCUT2D eigenvalue weighted by Crippen LogP contribution is 2.37. The van der Waals surface area contributed by atoms with Gasteiger partial charge in [0.2, 0.25) is 5.91 Å². The lowest BCUT2D eigenvalue weighted by atomic mass is 9.75. The number of nitrogens with zero attached hydrogens (tertiary/aromatic N) is 3. The van der Waals surface area contributed by atoms with Crippen LogP contribution in [0.4, 0.5) is 4.79 Å². The molecule has 2 heterocycles. The summed E-state index contributed by atoms with van der Waals surface area (Å²) in [6.07, 6.45) is 5.61. The molecule has 7 heteroatoms. The molecule has 0 aromatic rings. The number of carbonyl (C=O) groups is 3. The van der Waals surface area contributed by atoms with Crippen molar-refractivity contribution in [2.24, 2.45) is 11.8 Å². The van der Waals surface area contributed by atoms with E-state index in [2.05, 4.69) is 18.3 Å². The summed E-state index contributed by atoms with van der Waals surface area (Å²) < 4.78 is 0. The lowest BCUT2D eigenvalue weighted by molar-refractivity contribution is -0.140. The Balaban J connectivity index is 1.60. The molecule has 1 spiro atoms. The SMILES string of the molecule is CCC1CCC2(CC1)NC(=O)N(CC(=O)N1CCC(C#N)CC1)C2=O. The van der Waals surface area contributed by atoms with E-state index in [1.807, 2.05) is 0 Å². The van der Waals surface area contributed by atoms with Crippen molar-refractivity contribution in [2.45, 2.75) is 57.4 Å². The number of hydrogen-bond donors (Lipinski definition) is 1. The largest absolute Gasteiger partial charge is 0.341 e. The van der Waals surface area contributed by atoms with E-state index in [1.165, 1.54) is 0 Å². The van der Waals surface area contributed by atoms with Gasteiger partial charge < -0.3 is 10.2 Å². The van der Waals surface area contributed by atoms with Crippen molar-refractivity contribution in [3.63, 3.8) is 0 Å². The van der Waals surface area contributed by atoms with Crippen LogP contribution in [-0.2, 0) is 9.59 Å². The molecule has 0 unspecified atom stereocenters. The number of hydrogen-bond acceptors (Lipinski definition) is 4.